The van der Waals surface area contributed by atoms with Gasteiger partial charge >= 0.3 is 5.97 Å². The van der Waals surface area contributed by atoms with Crippen LogP contribution in [0.5, 0.6) is 0 Å². The van der Waals surface area contributed by atoms with Gasteiger partial charge < -0.3 is 15.2 Å². The van der Waals surface area contributed by atoms with Gasteiger partial charge in [0.2, 0.25) is 0 Å². The average molecular weight is 319 g/mol. The van der Waals surface area contributed by atoms with Crippen LogP contribution in [-0.2, 0) is 9.53 Å². The van der Waals surface area contributed by atoms with Gasteiger partial charge in [-0.15, -0.1) is 11.3 Å². The molecule has 0 unspecified atom stereocenters. The van der Waals surface area contributed by atoms with E-state index in [0.29, 0.717) is 10.6 Å². The number of amides is 1. The van der Waals surface area contributed by atoms with Gasteiger partial charge in [-0.2, -0.15) is 0 Å². The summed E-state index contributed by atoms with van der Waals surface area (Å²) in [5.41, 5.74) is 2.69. The first kappa shape index (κ1) is 16.2. The zero-order chi connectivity index (χ0) is 16.3. The second-order valence-electron chi connectivity index (χ2n) is 4.89. The van der Waals surface area contributed by atoms with E-state index in [0.717, 1.165) is 16.0 Å². The Bertz CT molecular complexity index is 704. The highest BCUT2D eigenvalue weighted by Gasteiger charge is 2.23. The van der Waals surface area contributed by atoms with Crippen molar-refractivity contribution in [2.24, 2.45) is 0 Å². The third-order valence-electron chi connectivity index (χ3n) is 3.17. The summed E-state index contributed by atoms with van der Waals surface area (Å²) in [6.45, 7) is 3.70. The lowest BCUT2D eigenvalue weighted by Crippen LogP contribution is -2.18. The molecule has 0 atom stereocenters. The molecule has 2 aromatic rings. The van der Waals surface area contributed by atoms with Crippen molar-refractivity contribution < 1.29 is 19.4 Å². The molecular weight excluding hydrogens is 302 g/mol. The first-order valence-corrected chi connectivity index (χ1v) is 7.48. The number of carbonyl (C=O) groups excluding carboxylic acids is 1. The fourth-order valence-corrected chi connectivity index (χ4v) is 3.28. The number of aryl methyl sites for hydroxylation is 2. The van der Waals surface area contributed by atoms with E-state index in [1.807, 2.05) is 38.1 Å². The van der Waals surface area contributed by atoms with Crippen molar-refractivity contribution in [1.82, 2.24) is 0 Å². The lowest BCUT2D eigenvalue weighted by molar-refractivity contribution is -0.119. The predicted octanol–water partition coefficient (Wildman–Crippen LogP) is 3.32. The molecular formula is C16H17NO4S. The van der Waals surface area contributed by atoms with E-state index in [1.54, 1.807) is 0 Å². The fourth-order valence-electron chi connectivity index (χ4n) is 2.20. The Labute approximate surface area is 132 Å². The molecule has 0 aliphatic rings. The first-order valence-electron chi connectivity index (χ1n) is 6.66. The van der Waals surface area contributed by atoms with Gasteiger partial charge in [-0.25, -0.2) is 4.79 Å². The molecule has 2 N–H and O–H groups in total. The summed E-state index contributed by atoms with van der Waals surface area (Å²) in [7, 11) is 1.41. The van der Waals surface area contributed by atoms with Gasteiger partial charge in [0.1, 0.15) is 17.2 Å². The van der Waals surface area contributed by atoms with Crippen molar-refractivity contribution in [2.45, 2.75) is 13.8 Å². The van der Waals surface area contributed by atoms with Gasteiger partial charge in [-0.1, -0.05) is 29.8 Å². The highest BCUT2D eigenvalue weighted by molar-refractivity contribution is 7.17. The number of nitrogens with one attached hydrogen (secondary N) is 1. The SMILES string of the molecule is COCC(=O)Nc1sc(C)c(-c2ccc(C)cc2)c1C(=O)O. The van der Waals surface area contributed by atoms with Crippen LogP contribution in [0.4, 0.5) is 5.00 Å². The molecule has 1 heterocycles. The summed E-state index contributed by atoms with van der Waals surface area (Å²) in [4.78, 5) is 24.2. The monoisotopic (exact) mass is 319 g/mol. The van der Waals surface area contributed by atoms with E-state index >= 15 is 0 Å². The Hall–Kier alpha value is -2.18. The summed E-state index contributed by atoms with van der Waals surface area (Å²) in [5.74, 6) is -1.44. The minimum Gasteiger partial charge on any atom is -0.478 e. The summed E-state index contributed by atoms with van der Waals surface area (Å²) in [6.07, 6.45) is 0. The number of hydrogen-bond donors (Lipinski definition) is 2. The number of ether oxygens (including phenoxy) is 1. The second-order valence-corrected chi connectivity index (χ2v) is 6.11. The van der Waals surface area contributed by atoms with E-state index in [9.17, 15) is 14.7 Å². The molecule has 0 spiro atoms. The normalized spacial score (nSPS) is 10.5. The topological polar surface area (TPSA) is 75.6 Å². The van der Waals surface area contributed by atoms with Crippen LogP contribution in [0.25, 0.3) is 11.1 Å². The Balaban J connectivity index is 2.50. The molecule has 6 heteroatoms. The van der Waals surface area contributed by atoms with Crippen LogP contribution >= 0.6 is 11.3 Å². The summed E-state index contributed by atoms with van der Waals surface area (Å²) >= 11 is 1.25. The second kappa shape index (κ2) is 6.72. The number of benzene rings is 1. The Kier molecular flexibility index (Phi) is 4.95. The highest BCUT2D eigenvalue weighted by atomic mass is 32.1. The van der Waals surface area contributed by atoms with Crippen LogP contribution < -0.4 is 5.32 Å². The zero-order valence-electron chi connectivity index (χ0n) is 12.6. The molecule has 1 aromatic heterocycles. The molecule has 0 fully saturated rings. The van der Waals surface area contributed by atoms with Crippen molar-refractivity contribution in [1.29, 1.82) is 0 Å². The Morgan fingerprint density at radius 2 is 1.86 bits per heavy atom. The number of thiophene rings is 1. The van der Waals surface area contributed by atoms with Crippen molar-refractivity contribution in [2.75, 3.05) is 19.0 Å². The van der Waals surface area contributed by atoms with Gasteiger partial charge in [-0.3, -0.25) is 4.79 Å². The molecule has 0 saturated heterocycles. The lowest BCUT2D eigenvalue weighted by Gasteiger charge is -2.06. The molecule has 1 amide bonds. The molecule has 0 saturated carbocycles. The molecule has 0 aliphatic carbocycles. The summed E-state index contributed by atoms with van der Waals surface area (Å²) in [5, 5.41) is 12.5. The average Bonchev–Trinajstić information content (AvgIpc) is 2.76. The largest absolute Gasteiger partial charge is 0.478 e. The van der Waals surface area contributed by atoms with Gasteiger partial charge in [0.15, 0.2) is 0 Å². The number of carboxylic acid groups (broad SMARTS) is 1. The van der Waals surface area contributed by atoms with Crippen LogP contribution in [0.3, 0.4) is 0 Å². The smallest absolute Gasteiger partial charge is 0.339 e. The third-order valence-corrected chi connectivity index (χ3v) is 4.19. The molecule has 0 aliphatic heterocycles. The van der Waals surface area contributed by atoms with E-state index in [1.165, 1.54) is 18.4 Å². The minimum atomic E-state index is -1.06. The van der Waals surface area contributed by atoms with Gasteiger partial charge in [-0.05, 0) is 19.4 Å². The van der Waals surface area contributed by atoms with Crippen molar-refractivity contribution in [3.05, 3.63) is 40.3 Å². The van der Waals surface area contributed by atoms with E-state index in [2.05, 4.69) is 5.32 Å². The van der Waals surface area contributed by atoms with Crippen LogP contribution in [-0.4, -0.2) is 30.7 Å². The number of hydrogen-bond acceptors (Lipinski definition) is 4. The van der Waals surface area contributed by atoms with E-state index in [-0.39, 0.29) is 18.1 Å². The Morgan fingerprint density at radius 3 is 2.41 bits per heavy atom. The van der Waals surface area contributed by atoms with Crippen molar-refractivity contribution in [3.8, 4) is 11.1 Å². The van der Waals surface area contributed by atoms with Gasteiger partial charge in [0.25, 0.3) is 5.91 Å². The lowest BCUT2D eigenvalue weighted by atomic mass is 10.0. The Morgan fingerprint density at radius 1 is 1.23 bits per heavy atom. The molecule has 5 nitrogen and oxygen atoms in total. The minimum absolute atomic E-state index is 0.115. The zero-order valence-corrected chi connectivity index (χ0v) is 13.4. The molecule has 22 heavy (non-hydrogen) atoms. The molecule has 2 rings (SSSR count). The van der Waals surface area contributed by atoms with Crippen LogP contribution in [0.2, 0.25) is 0 Å². The first-order chi connectivity index (χ1) is 10.4. The quantitative estimate of drug-likeness (QED) is 0.886. The third kappa shape index (κ3) is 3.35. The van der Waals surface area contributed by atoms with Crippen molar-refractivity contribution >= 4 is 28.2 Å². The number of aromatic carboxylic acids is 1. The fraction of sp³-hybridized carbons (Fsp3) is 0.250. The predicted molar refractivity (Wildman–Crippen MR) is 86.7 cm³/mol. The van der Waals surface area contributed by atoms with Crippen LogP contribution in [0.15, 0.2) is 24.3 Å². The maximum atomic E-state index is 11.7. The van der Waals surface area contributed by atoms with Crippen molar-refractivity contribution in [3.63, 3.8) is 0 Å². The summed E-state index contributed by atoms with van der Waals surface area (Å²) in [6, 6.07) is 7.64. The number of carbonyl (C=O) groups is 2. The standard InChI is InChI=1S/C16H17NO4S/c1-9-4-6-11(7-5-9)13-10(2)22-15(14(13)16(19)20)17-12(18)8-21-3/h4-7H,8H2,1-3H3,(H,17,18)(H,19,20). The number of rotatable bonds is 5. The van der Waals surface area contributed by atoms with Gasteiger partial charge in [0, 0.05) is 17.6 Å². The van der Waals surface area contributed by atoms with Gasteiger partial charge in [0.05, 0.1) is 0 Å². The van der Waals surface area contributed by atoms with E-state index < -0.39 is 5.97 Å². The van der Waals surface area contributed by atoms with E-state index in [4.69, 9.17) is 4.74 Å². The summed E-state index contributed by atoms with van der Waals surface area (Å²) < 4.78 is 4.76. The molecule has 116 valence electrons. The maximum Gasteiger partial charge on any atom is 0.339 e. The van der Waals surface area contributed by atoms with Crippen LogP contribution in [0, 0.1) is 13.8 Å². The van der Waals surface area contributed by atoms with Crippen LogP contribution in [0.1, 0.15) is 20.8 Å². The highest BCUT2D eigenvalue weighted by Crippen LogP contribution is 2.39. The number of methoxy groups -OCH3 is 1. The molecule has 0 radical (unpaired) electrons. The molecule has 1 aromatic carbocycles. The number of carboxylic acids is 1. The maximum absolute atomic E-state index is 11.7. The molecule has 0 bridgehead atoms. The number of anilines is 1.